The van der Waals surface area contributed by atoms with Gasteiger partial charge in [0.15, 0.2) is 0 Å². The Kier molecular flexibility index (Phi) is 6.83. The fourth-order valence-electron chi connectivity index (χ4n) is 5.45. The highest BCUT2D eigenvalue weighted by molar-refractivity contribution is 7.50. The van der Waals surface area contributed by atoms with Crippen LogP contribution >= 0.6 is 15.6 Å². The molecule has 0 N–H and O–H groups in total. The van der Waals surface area contributed by atoms with Gasteiger partial charge in [0.2, 0.25) is 0 Å². The van der Waals surface area contributed by atoms with Gasteiger partial charge in [0.05, 0.1) is 0 Å². The highest BCUT2D eigenvalue weighted by atomic mass is 31.2. The van der Waals surface area contributed by atoms with Crippen molar-refractivity contribution < 1.29 is 36.3 Å². The zero-order valence-corrected chi connectivity index (χ0v) is 25.8. The normalized spacial score (nSPS) is 14.9. The predicted octanol–water partition coefficient (Wildman–Crippen LogP) is 10.6. The monoisotopic (exact) mass is 646 g/mol. The van der Waals surface area contributed by atoms with E-state index in [0.717, 1.165) is 22.3 Å². The first-order valence-corrected chi connectivity index (χ1v) is 17.3. The second-order valence-electron chi connectivity index (χ2n) is 10.4. The average molecular weight is 647 g/mol. The molecule has 2 aliphatic rings. The van der Waals surface area contributed by atoms with Crippen molar-refractivity contribution in [2.24, 2.45) is 0 Å². The van der Waals surface area contributed by atoms with Gasteiger partial charge in [-0.25, -0.2) is 0 Å². The molecule has 0 fully saturated rings. The van der Waals surface area contributed by atoms with Gasteiger partial charge in [-0.05, 0) is 36.4 Å². The van der Waals surface area contributed by atoms with Gasteiger partial charge in [0, 0.05) is 33.4 Å². The lowest BCUT2D eigenvalue weighted by molar-refractivity contribution is 0.299. The average Bonchev–Trinajstić information content (AvgIpc) is 3.27. The van der Waals surface area contributed by atoms with Crippen LogP contribution in [-0.4, -0.2) is 0 Å². The molecule has 0 unspecified atom stereocenters. The molecule has 0 aliphatic carbocycles. The Morgan fingerprint density at radius 2 is 0.565 bits per heavy atom. The SMILES string of the molecule is O=P1(Oc2ccccc2-c2ccccc2OP2(=O)Oc3ccccc3-c3ccccc3O2)Oc2ccccc2-c2ccccc2O1. The maximum Gasteiger partial charge on any atom is 0.647 e. The molecule has 8 rings (SSSR count). The second kappa shape index (κ2) is 11.2. The first-order chi connectivity index (χ1) is 22.5. The van der Waals surface area contributed by atoms with Crippen LogP contribution in [0.25, 0.3) is 33.4 Å². The Bertz CT molecular complexity index is 1960. The van der Waals surface area contributed by atoms with Crippen molar-refractivity contribution >= 4 is 15.6 Å². The third kappa shape index (κ3) is 5.18. The van der Waals surface area contributed by atoms with E-state index in [1.165, 1.54) is 0 Å². The highest BCUT2D eigenvalue weighted by Crippen LogP contribution is 2.59. The lowest BCUT2D eigenvalue weighted by Gasteiger charge is -2.21. The molecule has 0 spiro atoms. The second-order valence-corrected chi connectivity index (χ2v) is 13.3. The van der Waals surface area contributed by atoms with Crippen LogP contribution in [0.2, 0.25) is 0 Å². The van der Waals surface area contributed by atoms with Crippen LogP contribution in [-0.2, 0) is 9.13 Å². The molecule has 6 aromatic carbocycles. The number of para-hydroxylation sites is 6. The largest absolute Gasteiger partial charge is 0.647 e. The van der Waals surface area contributed by atoms with Gasteiger partial charge in [-0.2, -0.15) is 9.13 Å². The summed E-state index contributed by atoms with van der Waals surface area (Å²) in [4.78, 5) is 0. The van der Waals surface area contributed by atoms with Crippen molar-refractivity contribution in [3.05, 3.63) is 146 Å². The molecule has 10 heteroatoms. The maximum atomic E-state index is 14.3. The van der Waals surface area contributed by atoms with Gasteiger partial charge < -0.3 is 27.1 Å². The zero-order chi connectivity index (χ0) is 31.1. The van der Waals surface area contributed by atoms with Crippen molar-refractivity contribution in [2.45, 2.75) is 0 Å². The molecular weight excluding hydrogens is 622 g/mol. The van der Waals surface area contributed by atoms with Crippen LogP contribution < -0.4 is 27.1 Å². The molecular formula is C36H24O8P2. The lowest BCUT2D eigenvalue weighted by atomic mass is 10.0. The van der Waals surface area contributed by atoms with Crippen molar-refractivity contribution in [1.29, 1.82) is 0 Å². The molecule has 2 aliphatic heterocycles. The predicted molar refractivity (Wildman–Crippen MR) is 175 cm³/mol. The van der Waals surface area contributed by atoms with Crippen LogP contribution in [0, 0.1) is 0 Å². The highest BCUT2D eigenvalue weighted by Gasteiger charge is 2.40. The van der Waals surface area contributed by atoms with Gasteiger partial charge >= 0.3 is 15.6 Å². The number of phosphoric ester groups is 2. The molecule has 226 valence electrons. The number of fused-ring (bicyclic) bond motifs is 6. The molecule has 46 heavy (non-hydrogen) atoms. The Hall–Kier alpha value is -5.42. The third-order valence-electron chi connectivity index (χ3n) is 7.45. The molecule has 0 bridgehead atoms. The van der Waals surface area contributed by atoms with Crippen LogP contribution in [0.1, 0.15) is 0 Å². The maximum absolute atomic E-state index is 14.3. The Morgan fingerprint density at radius 1 is 0.326 bits per heavy atom. The Labute approximate surface area is 264 Å². The van der Waals surface area contributed by atoms with Crippen molar-refractivity contribution in [2.75, 3.05) is 0 Å². The summed E-state index contributed by atoms with van der Waals surface area (Å²) < 4.78 is 64.7. The third-order valence-corrected chi connectivity index (χ3v) is 9.98. The smallest absolute Gasteiger partial charge is 0.385 e. The molecule has 0 amide bonds. The molecule has 0 saturated heterocycles. The summed E-state index contributed by atoms with van der Waals surface area (Å²) in [6.07, 6.45) is 0. The minimum atomic E-state index is -4.28. The van der Waals surface area contributed by atoms with Gasteiger partial charge in [0.1, 0.15) is 34.5 Å². The van der Waals surface area contributed by atoms with E-state index in [4.69, 9.17) is 27.1 Å². The van der Waals surface area contributed by atoms with Crippen molar-refractivity contribution in [1.82, 2.24) is 0 Å². The summed E-state index contributed by atoms with van der Waals surface area (Å²) in [5.41, 5.74) is 3.86. The van der Waals surface area contributed by atoms with E-state index in [9.17, 15) is 9.13 Å². The molecule has 8 nitrogen and oxygen atoms in total. The van der Waals surface area contributed by atoms with E-state index in [1.54, 1.807) is 97.1 Å². The number of benzene rings is 6. The van der Waals surface area contributed by atoms with Crippen LogP contribution in [0.3, 0.4) is 0 Å². The molecule has 6 aromatic rings. The first kappa shape index (κ1) is 28.1. The molecule has 0 saturated carbocycles. The van der Waals surface area contributed by atoms with Crippen molar-refractivity contribution in [3.8, 4) is 67.9 Å². The standard InChI is InChI=1S/C36H24O8P2/c37-45(39-31-19-7-1-13-25(31)26-14-2-8-20-32(26)40-45)43-35-23-11-5-17-29(35)30-18-6-12-24-36(30)44-46(38)41-33-21-9-3-15-27(33)28-16-4-10-22-34(28)42-46/h1-24H. The number of hydrogen-bond acceptors (Lipinski definition) is 8. The summed E-state index contributed by atoms with van der Waals surface area (Å²) in [5.74, 6) is 1.82. The first-order valence-electron chi connectivity index (χ1n) is 14.4. The van der Waals surface area contributed by atoms with Crippen LogP contribution in [0.15, 0.2) is 146 Å². The fraction of sp³-hybridized carbons (Fsp3) is 0. The molecule has 0 radical (unpaired) electrons. The molecule has 0 atom stereocenters. The van der Waals surface area contributed by atoms with E-state index in [1.807, 2.05) is 48.5 Å². The van der Waals surface area contributed by atoms with E-state index in [0.29, 0.717) is 34.1 Å². The lowest BCUT2D eigenvalue weighted by Crippen LogP contribution is -2.08. The summed E-state index contributed by atoms with van der Waals surface area (Å²) in [6.45, 7) is 0. The van der Waals surface area contributed by atoms with Gasteiger partial charge in [-0.1, -0.05) is 109 Å². The van der Waals surface area contributed by atoms with E-state index in [-0.39, 0.29) is 11.5 Å². The summed E-state index contributed by atoms with van der Waals surface area (Å²) in [6, 6.07) is 42.8. The molecule has 0 aromatic heterocycles. The van der Waals surface area contributed by atoms with Gasteiger partial charge in [0.25, 0.3) is 0 Å². The number of phosphoric acid groups is 2. The van der Waals surface area contributed by atoms with E-state index >= 15 is 0 Å². The van der Waals surface area contributed by atoms with Gasteiger partial charge in [-0.15, -0.1) is 0 Å². The fourth-order valence-corrected chi connectivity index (χ4v) is 8.07. The topological polar surface area (TPSA) is 89.5 Å². The Balaban J connectivity index is 1.17. The van der Waals surface area contributed by atoms with Gasteiger partial charge in [-0.3, -0.25) is 0 Å². The van der Waals surface area contributed by atoms with Crippen LogP contribution in [0.4, 0.5) is 0 Å². The zero-order valence-electron chi connectivity index (χ0n) is 24.0. The molecule has 2 heterocycles. The van der Waals surface area contributed by atoms with E-state index < -0.39 is 15.6 Å². The van der Waals surface area contributed by atoms with Crippen LogP contribution in [0.5, 0.6) is 34.5 Å². The minimum absolute atomic E-state index is 0.190. The minimum Gasteiger partial charge on any atom is -0.385 e. The van der Waals surface area contributed by atoms with E-state index in [2.05, 4.69) is 0 Å². The summed E-state index contributed by atoms with van der Waals surface area (Å²) >= 11 is 0. The summed E-state index contributed by atoms with van der Waals surface area (Å²) in [7, 11) is -8.56. The Morgan fingerprint density at radius 3 is 0.870 bits per heavy atom. The van der Waals surface area contributed by atoms with Crippen molar-refractivity contribution in [3.63, 3.8) is 0 Å². The number of hydrogen-bond donors (Lipinski definition) is 0. The quantitative estimate of drug-likeness (QED) is 0.171. The number of rotatable bonds is 5. The summed E-state index contributed by atoms with van der Waals surface area (Å²) in [5, 5.41) is 0.